The summed E-state index contributed by atoms with van der Waals surface area (Å²) in [5.41, 5.74) is 7.37. The molecular weight excluding hydrogens is 218 g/mol. The van der Waals surface area contributed by atoms with Gasteiger partial charge in [-0.3, -0.25) is 0 Å². The van der Waals surface area contributed by atoms with Crippen LogP contribution in [0.2, 0.25) is 0 Å². The Morgan fingerprint density at radius 3 is 3.00 bits per heavy atom. The molecule has 0 saturated heterocycles. The summed E-state index contributed by atoms with van der Waals surface area (Å²) in [5.74, 6) is 1.06. The number of hydrogen-bond donors (Lipinski definition) is 2. The van der Waals surface area contributed by atoms with Gasteiger partial charge in [0.15, 0.2) is 5.82 Å². The number of benzene rings is 1. The number of nitriles is 1. The SMILES string of the molecule is Cc1nc(CNc2cccc(C#N)c2N)no1. The van der Waals surface area contributed by atoms with Crippen molar-refractivity contribution >= 4 is 11.4 Å². The molecule has 6 nitrogen and oxygen atoms in total. The minimum atomic E-state index is 0.399. The zero-order valence-corrected chi connectivity index (χ0v) is 9.27. The van der Waals surface area contributed by atoms with Crippen molar-refractivity contribution in [3.05, 3.63) is 35.5 Å². The van der Waals surface area contributed by atoms with Gasteiger partial charge < -0.3 is 15.6 Å². The van der Waals surface area contributed by atoms with Crippen LogP contribution in [0.1, 0.15) is 17.3 Å². The first-order valence-corrected chi connectivity index (χ1v) is 5.02. The average Bonchev–Trinajstić information content (AvgIpc) is 2.74. The Morgan fingerprint density at radius 1 is 1.53 bits per heavy atom. The van der Waals surface area contributed by atoms with Crippen molar-refractivity contribution in [2.75, 3.05) is 11.1 Å². The highest BCUT2D eigenvalue weighted by Gasteiger charge is 2.06. The first-order valence-electron chi connectivity index (χ1n) is 5.02. The van der Waals surface area contributed by atoms with Crippen molar-refractivity contribution in [1.82, 2.24) is 10.1 Å². The number of nitrogen functional groups attached to an aromatic ring is 1. The molecule has 2 aromatic rings. The Labute approximate surface area is 98.1 Å². The molecule has 1 heterocycles. The van der Waals surface area contributed by atoms with E-state index in [4.69, 9.17) is 15.5 Å². The van der Waals surface area contributed by atoms with Crippen LogP contribution < -0.4 is 11.1 Å². The van der Waals surface area contributed by atoms with Crippen molar-refractivity contribution in [1.29, 1.82) is 5.26 Å². The summed E-state index contributed by atoms with van der Waals surface area (Å²) in [7, 11) is 0. The maximum Gasteiger partial charge on any atom is 0.223 e. The molecule has 2 rings (SSSR count). The smallest absolute Gasteiger partial charge is 0.223 e. The Balaban J connectivity index is 2.12. The van der Waals surface area contributed by atoms with Gasteiger partial charge in [-0.2, -0.15) is 10.2 Å². The minimum Gasteiger partial charge on any atom is -0.396 e. The van der Waals surface area contributed by atoms with E-state index in [1.807, 2.05) is 6.07 Å². The fourth-order valence-electron chi connectivity index (χ4n) is 1.40. The van der Waals surface area contributed by atoms with Crippen molar-refractivity contribution in [3.63, 3.8) is 0 Å². The van der Waals surface area contributed by atoms with Crippen molar-refractivity contribution in [2.45, 2.75) is 13.5 Å². The van der Waals surface area contributed by atoms with E-state index < -0.39 is 0 Å². The van der Waals surface area contributed by atoms with Gasteiger partial charge in [-0.05, 0) is 12.1 Å². The maximum atomic E-state index is 8.83. The molecule has 1 aromatic heterocycles. The molecule has 0 amide bonds. The lowest BCUT2D eigenvalue weighted by atomic mass is 10.1. The van der Waals surface area contributed by atoms with Crippen LogP contribution in [-0.4, -0.2) is 10.1 Å². The molecule has 3 N–H and O–H groups in total. The Hall–Kier alpha value is -2.55. The fourth-order valence-corrected chi connectivity index (χ4v) is 1.40. The molecular formula is C11H11N5O. The molecule has 0 aliphatic heterocycles. The third kappa shape index (κ3) is 2.34. The molecule has 86 valence electrons. The Kier molecular flexibility index (Phi) is 2.92. The second kappa shape index (κ2) is 4.53. The molecule has 1 aromatic carbocycles. The van der Waals surface area contributed by atoms with Crippen LogP contribution in [0.3, 0.4) is 0 Å². The molecule has 0 atom stereocenters. The standard InChI is InChI=1S/C11H11N5O/c1-7-15-10(16-17-7)6-14-9-4-2-3-8(5-12)11(9)13/h2-4,14H,6,13H2,1H3. The van der Waals surface area contributed by atoms with Gasteiger partial charge in [0.1, 0.15) is 6.07 Å². The highest BCUT2D eigenvalue weighted by atomic mass is 16.5. The minimum absolute atomic E-state index is 0.399. The quantitative estimate of drug-likeness (QED) is 0.772. The van der Waals surface area contributed by atoms with E-state index in [2.05, 4.69) is 15.5 Å². The van der Waals surface area contributed by atoms with Gasteiger partial charge in [-0.15, -0.1) is 0 Å². The molecule has 0 radical (unpaired) electrons. The Bertz CT molecular complexity index is 569. The lowest BCUT2D eigenvalue weighted by Gasteiger charge is -2.07. The van der Waals surface area contributed by atoms with Crippen LogP contribution in [0.4, 0.5) is 11.4 Å². The van der Waals surface area contributed by atoms with Crippen LogP contribution in [0.5, 0.6) is 0 Å². The van der Waals surface area contributed by atoms with Crippen LogP contribution in [0.15, 0.2) is 22.7 Å². The second-order valence-electron chi connectivity index (χ2n) is 3.46. The lowest BCUT2D eigenvalue weighted by molar-refractivity contribution is 0.388. The number of aryl methyl sites for hydroxylation is 1. The van der Waals surface area contributed by atoms with E-state index >= 15 is 0 Å². The summed E-state index contributed by atoms with van der Waals surface area (Å²) in [5, 5.41) is 15.6. The molecule has 0 spiro atoms. The number of nitrogens with zero attached hydrogens (tertiary/aromatic N) is 3. The number of aromatic nitrogens is 2. The summed E-state index contributed by atoms with van der Waals surface area (Å²) in [4.78, 5) is 4.05. The van der Waals surface area contributed by atoms with Crippen LogP contribution in [0, 0.1) is 18.3 Å². The molecule has 0 saturated carbocycles. The molecule has 0 unspecified atom stereocenters. The monoisotopic (exact) mass is 229 g/mol. The largest absolute Gasteiger partial charge is 0.396 e. The predicted octanol–water partition coefficient (Wildman–Crippen LogP) is 1.44. The van der Waals surface area contributed by atoms with Gasteiger partial charge >= 0.3 is 0 Å². The Morgan fingerprint density at radius 2 is 2.35 bits per heavy atom. The van der Waals surface area contributed by atoms with E-state index in [-0.39, 0.29) is 0 Å². The molecule has 0 aliphatic carbocycles. The molecule has 0 aliphatic rings. The van der Waals surface area contributed by atoms with Crippen LogP contribution in [-0.2, 0) is 6.54 Å². The van der Waals surface area contributed by atoms with Crippen molar-refractivity contribution in [2.24, 2.45) is 0 Å². The number of para-hydroxylation sites is 1. The third-order valence-electron chi connectivity index (χ3n) is 2.23. The van der Waals surface area contributed by atoms with E-state index in [1.165, 1.54) is 0 Å². The summed E-state index contributed by atoms with van der Waals surface area (Å²) < 4.78 is 4.84. The first-order chi connectivity index (χ1) is 8.20. The second-order valence-corrected chi connectivity index (χ2v) is 3.46. The summed E-state index contributed by atoms with van der Waals surface area (Å²) in [6, 6.07) is 7.25. The molecule has 6 heteroatoms. The van der Waals surface area contributed by atoms with Gasteiger partial charge in [-0.25, -0.2) is 0 Å². The number of hydrogen-bond acceptors (Lipinski definition) is 6. The zero-order chi connectivity index (χ0) is 12.3. The number of nitrogens with two attached hydrogens (primary N) is 1. The van der Waals surface area contributed by atoms with Crippen LogP contribution in [0.25, 0.3) is 0 Å². The van der Waals surface area contributed by atoms with E-state index in [1.54, 1.807) is 25.1 Å². The fraction of sp³-hybridized carbons (Fsp3) is 0.182. The number of nitrogens with one attached hydrogen (secondary N) is 1. The van der Waals surface area contributed by atoms with E-state index in [0.29, 0.717) is 35.2 Å². The average molecular weight is 229 g/mol. The normalized spacial score (nSPS) is 9.88. The van der Waals surface area contributed by atoms with Crippen molar-refractivity contribution < 1.29 is 4.52 Å². The summed E-state index contributed by atoms with van der Waals surface area (Å²) >= 11 is 0. The maximum absolute atomic E-state index is 8.83. The lowest BCUT2D eigenvalue weighted by Crippen LogP contribution is -2.04. The highest BCUT2D eigenvalue weighted by Crippen LogP contribution is 2.22. The van der Waals surface area contributed by atoms with Crippen molar-refractivity contribution in [3.8, 4) is 6.07 Å². The predicted molar refractivity (Wildman–Crippen MR) is 61.9 cm³/mol. The van der Waals surface area contributed by atoms with Gasteiger partial charge in [0.05, 0.1) is 23.5 Å². The molecule has 0 bridgehead atoms. The summed E-state index contributed by atoms with van der Waals surface area (Å²) in [6.45, 7) is 2.12. The number of rotatable bonds is 3. The summed E-state index contributed by atoms with van der Waals surface area (Å²) in [6.07, 6.45) is 0. The topological polar surface area (TPSA) is 101 Å². The number of anilines is 2. The van der Waals surface area contributed by atoms with Gasteiger partial charge in [-0.1, -0.05) is 11.2 Å². The zero-order valence-electron chi connectivity index (χ0n) is 9.27. The first kappa shape index (κ1) is 11.0. The third-order valence-corrected chi connectivity index (χ3v) is 2.23. The molecule has 0 fully saturated rings. The van der Waals surface area contributed by atoms with Gasteiger partial charge in [0, 0.05) is 6.92 Å². The van der Waals surface area contributed by atoms with Crippen LogP contribution >= 0.6 is 0 Å². The van der Waals surface area contributed by atoms with Gasteiger partial charge in [0.2, 0.25) is 5.89 Å². The van der Waals surface area contributed by atoms with E-state index in [9.17, 15) is 0 Å². The highest BCUT2D eigenvalue weighted by molar-refractivity contribution is 5.72. The molecule has 17 heavy (non-hydrogen) atoms. The van der Waals surface area contributed by atoms with E-state index in [0.717, 1.165) is 0 Å². The van der Waals surface area contributed by atoms with Gasteiger partial charge in [0.25, 0.3) is 0 Å².